The van der Waals surface area contributed by atoms with Crippen LogP contribution < -0.4 is 4.90 Å². The number of rotatable bonds is 2. The van der Waals surface area contributed by atoms with Crippen molar-refractivity contribution in [3.63, 3.8) is 0 Å². The average Bonchev–Trinajstić information content (AvgIpc) is 2.69. The number of aliphatic carboxylic acids is 1. The molecule has 1 unspecified atom stereocenters. The predicted octanol–water partition coefficient (Wildman–Crippen LogP) is 1.95. The number of benzene rings is 1. The van der Waals surface area contributed by atoms with Crippen molar-refractivity contribution < 1.29 is 14.7 Å². The van der Waals surface area contributed by atoms with E-state index in [1.54, 1.807) is 12.1 Å². The van der Waals surface area contributed by atoms with Gasteiger partial charge in [0.25, 0.3) is 0 Å². The van der Waals surface area contributed by atoms with Gasteiger partial charge in [-0.15, -0.1) is 0 Å². The molecule has 1 aromatic carbocycles. The summed E-state index contributed by atoms with van der Waals surface area (Å²) in [7, 11) is 0. The van der Waals surface area contributed by atoms with E-state index in [0.29, 0.717) is 11.6 Å². The second-order valence-corrected chi connectivity index (χ2v) is 4.51. The van der Waals surface area contributed by atoms with Gasteiger partial charge in [-0.1, -0.05) is 17.7 Å². The highest BCUT2D eigenvalue weighted by Crippen LogP contribution is 2.31. The first kappa shape index (κ1) is 11.9. The summed E-state index contributed by atoms with van der Waals surface area (Å²) in [5.41, 5.74) is 1.76. The van der Waals surface area contributed by atoms with Crippen molar-refractivity contribution in [2.75, 3.05) is 11.4 Å². The zero-order valence-electron chi connectivity index (χ0n) is 9.31. The molecule has 1 aromatic rings. The third kappa shape index (κ3) is 2.13. The molecular weight excluding hydrogens is 242 g/mol. The number of hydrogen-bond acceptors (Lipinski definition) is 2. The summed E-state index contributed by atoms with van der Waals surface area (Å²) in [6.07, 6.45) is 0.741. The summed E-state index contributed by atoms with van der Waals surface area (Å²) in [5, 5.41) is 9.39. The number of carbonyl (C=O) groups excluding carboxylic acids is 1. The molecule has 5 heteroatoms. The Morgan fingerprint density at radius 1 is 1.47 bits per heavy atom. The van der Waals surface area contributed by atoms with Crippen molar-refractivity contribution in [3.05, 3.63) is 28.8 Å². The van der Waals surface area contributed by atoms with E-state index in [-0.39, 0.29) is 0 Å². The molecule has 1 N–H and O–H groups in total. The van der Waals surface area contributed by atoms with Crippen molar-refractivity contribution in [1.29, 1.82) is 0 Å². The monoisotopic (exact) mass is 253 g/mol. The molecule has 0 fully saturated rings. The van der Waals surface area contributed by atoms with Crippen molar-refractivity contribution in [3.8, 4) is 0 Å². The Morgan fingerprint density at radius 2 is 2.18 bits per heavy atom. The van der Waals surface area contributed by atoms with Crippen LogP contribution in [0.4, 0.5) is 5.69 Å². The van der Waals surface area contributed by atoms with Crippen molar-refractivity contribution in [2.24, 2.45) is 5.92 Å². The number of halogens is 1. The lowest BCUT2D eigenvalue weighted by Crippen LogP contribution is -2.37. The predicted molar refractivity (Wildman–Crippen MR) is 64.3 cm³/mol. The summed E-state index contributed by atoms with van der Waals surface area (Å²) in [6, 6.07) is 5.35. The van der Waals surface area contributed by atoms with Crippen LogP contribution in [0.1, 0.15) is 12.5 Å². The van der Waals surface area contributed by atoms with E-state index < -0.39 is 17.8 Å². The number of amides is 1. The Balaban J connectivity index is 2.30. The smallest absolute Gasteiger partial charge is 0.315 e. The van der Waals surface area contributed by atoms with Gasteiger partial charge in [-0.3, -0.25) is 9.59 Å². The molecule has 0 radical (unpaired) electrons. The van der Waals surface area contributed by atoms with Gasteiger partial charge in [0.15, 0.2) is 0 Å². The third-order valence-corrected chi connectivity index (χ3v) is 3.18. The molecule has 0 bridgehead atoms. The molecule has 1 heterocycles. The zero-order chi connectivity index (χ0) is 12.6. The van der Waals surface area contributed by atoms with Crippen LogP contribution in [0.2, 0.25) is 5.02 Å². The normalized spacial score (nSPS) is 15.5. The minimum absolute atomic E-state index is 0.390. The molecule has 90 valence electrons. The molecule has 0 aromatic heterocycles. The van der Waals surface area contributed by atoms with Crippen LogP contribution in [0.25, 0.3) is 0 Å². The fraction of sp³-hybridized carbons (Fsp3) is 0.333. The van der Waals surface area contributed by atoms with Gasteiger partial charge in [-0.25, -0.2) is 0 Å². The van der Waals surface area contributed by atoms with E-state index in [1.165, 1.54) is 11.8 Å². The minimum Gasteiger partial charge on any atom is -0.481 e. The molecule has 0 saturated carbocycles. The lowest BCUT2D eigenvalue weighted by atomic mass is 10.1. The number of fused-ring (bicyclic) bond motifs is 1. The lowest BCUT2D eigenvalue weighted by molar-refractivity contribution is -0.145. The maximum absolute atomic E-state index is 12.0. The molecule has 0 aliphatic carbocycles. The highest BCUT2D eigenvalue weighted by Gasteiger charge is 2.31. The summed E-state index contributed by atoms with van der Waals surface area (Å²) in [6.45, 7) is 1.92. The fourth-order valence-electron chi connectivity index (χ4n) is 1.92. The van der Waals surface area contributed by atoms with Gasteiger partial charge in [-0.05, 0) is 31.0 Å². The van der Waals surface area contributed by atoms with Crippen LogP contribution in [-0.4, -0.2) is 23.5 Å². The topological polar surface area (TPSA) is 57.6 Å². The second kappa shape index (κ2) is 4.37. The molecule has 2 rings (SSSR count). The van der Waals surface area contributed by atoms with E-state index in [9.17, 15) is 9.59 Å². The van der Waals surface area contributed by atoms with Crippen molar-refractivity contribution >= 4 is 29.2 Å². The Labute approximate surface area is 104 Å². The molecule has 1 aliphatic rings. The van der Waals surface area contributed by atoms with Gasteiger partial charge in [0, 0.05) is 17.3 Å². The summed E-state index contributed by atoms with van der Waals surface area (Å²) < 4.78 is 0. The molecular formula is C12H12ClNO3. The van der Waals surface area contributed by atoms with Crippen LogP contribution in [0, 0.1) is 5.92 Å². The van der Waals surface area contributed by atoms with Crippen molar-refractivity contribution in [2.45, 2.75) is 13.3 Å². The van der Waals surface area contributed by atoms with E-state index in [2.05, 4.69) is 0 Å². The first-order chi connectivity index (χ1) is 8.00. The standard InChI is InChI=1S/C12H12ClNO3/c1-7(12(16)17)11(15)14-5-4-8-2-3-9(13)6-10(8)14/h2-3,6-7H,4-5H2,1H3,(H,16,17). The van der Waals surface area contributed by atoms with Crippen molar-refractivity contribution in [1.82, 2.24) is 0 Å². The Hall–Kier alpha value is -1.55. The minimum atomic E-state index is -1.11. The largest absolute Gasteiger partial charge is 0.481 e. The van der Waals surface area contributed by atoms with Crippen LogP contribution in [0.15, 0.2) is 18.2 Å². The zero-order valence-corrected chi connectivity index (χ0v) is 10.1. The molecule has 0 spiro atoms. The number of hydrogen-bond donors (Lipinski definition) is 1. The van der Waals surface area contributed by atoms with E-state index in [1.807, 2.05) is 6.07 Å². The number of anilines is 1. The SMILES string of the molecule is CC(C(=O)O)C(=O)N1CCc2ccc(Cl)cc21. The van der Waals surface area contributed by atoms with E-state index >= 15 is 0 Å². The van der Waals surface area contributed by atoms with Gasteiger partial charge in [0.1, 0.15) is 5.92 Å². The van der Waals surface area contributed by atoms with Crippen LogP contribution >= 0.6 is 11.6 Å². The van der Waals surface area contributed by atoms with Gasteiger partial charge in [0.2, 0.25) is 5.91 Å². The maximum atomic E-state index is 12.0. The Kier molecular flexibility index (Phi) is 3.07. The number of carboxylic acids is 1. The highest BCUT2D eigenvalue weighted by atomic mass is 35.5. The molecule has 17 heavy (non-hydrogen) atoms. The van der Waals surface area contributed by atoms with E-state index in [0.717, 1.165) is 17.7 Å². The van der Waals surface area contributed by atoms with Crippen LogP contribution in [0.5, 0.6) is 0 Å². The molecule has 1 aliphatic heterocycles. The fourth-order valence-corrected chi connectivity index (χ4v) is 2.09. The Morgan fingerprint density at radius 3 is 2.82 bits per heavy atom. The van der Waals surface area contributed by atoms with Gasteiger partial charge >= 0.3 is 5.97 Å². The van der Waals surface area contributed by atoms with Gasteiger partial charge < -0.3 is 10.0 Å². The molecule has 1 atom stereocenters. The van der Waals surface area contributed by atoms with Gasteiger partial charge in [-0.2, -0.15) is 0 Å². The Bertz CT molecular complexity index is 487. The summed E-state index contributed by atoms with van der Waals surface area (Å²) >= 11 is 5.88. The van der Waals surface area contributed by atoms with E-state index in [4.69, 9.17) is 16.7 Å². The summed E-state index contributed by atoms with van der Waals surface area (Å²) in [5.74, 6) is -2.52. The molecule has 1 amide bonds. The number of nitrogens with zero attached hydrogens (tertiary/aromatic N) is 1. The third-order valence-electron chi connectivity index (χ3n) is 2.95. The molecule has 0 saturated heterocycles. The first-order valence-electron chi connectivity index (χ1n) is 5.33. The number of carbonyl (C=O) groups is 2. The number of carboxylic acid groups (broad SMARTS) is 1. The highest BCUT2D eigenvalue weighted by molar-refractivity contribution is 6.31. The maximum Gasteiger partial charge on any atom is 0.315 e. The van der Waals surface area contributed by atoms with Gasteiger partial charge in [0.05, 0.1) is 0 Å². The quantitative estimate of drug-likeness (QED) is 0.820. The molecule has 4 nitrogen and oxygen atoms in total. The lowest BCUT2D eigenvalue weighted by Gasteiger charge is -2.19. The average molecular weight is 254 g/mol. The first-order valence-corrected chi connectivity index (χ1v) is 5.71. The summed E-state index contributed by atoms with van der Waals surface area (Å²) in [4.78, 5) is 24.3. The van der Waals surface area contributed by atoms with Crippen LogP contribution in [0.3, 0.4) is 0 Å². The second-order valence-electron chi connectivity index (χ2n) is 4.07. The van der Waals surface area contributed by atoms with Crippen LogP contribution in [-0.2, 0) is 16.0 Å².